The average Bonchev–Trinajstić information content (AvgIpc) is 2.55. The smallest absolute Gasteiger partial charge is 0.228 e. The molecular formula is C19H25ClN2O2. The molecule has 0 heterocycles. The second-order valence-electron chi connectivity index (χ2n) is 5.91. The minimum Gasteiger partial charge on any atom is -0.487 e. The van der Waals surface area contributed by atoms with E-state index in [0.29, 0.717) is 18.0 Å². The third-order valence-corrected chi connectivity index (χ3v) is 3.83. The average molecular weight is 349 g/mol. The van der Waals surface area contributed by atoms with Gasteiger partial charge in [-0.25, -0.2) is 0 Å². The number of carbonyl (C=O) groups is 1. The molecule has 1 amide bonds. The van der Waals surface area contributed by atoms with Gasteiger partial charge in [-0.1, -0.05) is 43.3 Å². The molecule has 2 unspecified atom stereocenters. The van der Waals surface area contributed by atoms with Gasteiger partial charge in [-0.3, -0.25) is 4.79 Å². The fourth-order valence-electron chi connectivity index (χ4n) is 2.07. The van der Waals surface area contributed by atoms with Crippen molar-refractivity contribution in [2.45, 2.75) is 33.4 Å². The van der Waals surface area contributed by atoms with Crippen molar-refractivity contribution in [2.75, 3.05) is 5.32 Å². The maximum atomic E-state index is 12.2. The molecule has 0 radical (unpaired) electrons. The largest absolute Gasteiger partial charge is 0.487 e. The Labute approximate surface area is 149 Å². The number of aryl methyl sites for hydroxylation is 1. The van der Waals surface area contributed by atoms with Gasteiger partial charge in [-0.15, -0.1) is 12.4 Å². The fraction of sp³-hybridized carbons (Fsp3) is 0.316. The molecule has 0 saturated heterocycles. The molecule has 2 aromatic carbocycles. The lowest BCUT2D eigenvalue weighted by atomic mass is 10.0. The highest BCUT2D eigenvalue weighted by Crippen LogP contribution is 2.27. The van der Waals surface area contributed by atoms with Gasteiger partial charge in [-0.05, 0) is 37.1 Å². The molecule has 130 valence electrons. The molecule has 0 aliphatic carbocycles. The van der Waals surface area contributed by atoms with Gasteiger partial charge >= 0.3 is 0 Å². The second kappa shape index (κ2) is 9.30. The number of hydrogen-bond donors (Lipinski definition) is 2. The lowest BCUT2D eigenvalue weighted by molar-refractivity contribution is -0.119. The van der Waals surface area contributed by atoms with E-state index in [9.17, 15) is 4.79 Å². The molecular weight excluding hydrogens is 324 g/mol. The van der Waals surface area contributed by atoms with Crippen molar-refractivity contribution < 1.29 is 9.53 Å². The number of nitrogens with one attached hydrogen (secondary N) is 1. The maximum absolute atomic E-state index is 12.2. The van der Waals surface area contributed by atoms with Crippen LogP contribution in [-0.2, 0) is 11.4 Å². The number of amides is 1. The molecule has 4 nitrogen and oxygen atoms in total. The van der Waals surface area contributed by atoms with Crippen molar-refractivity contribution in [1.29, 1.82) is 0 Å². The number of benzene rings is 2. The van der Waals surface area contributed by atoms with E-state index in [1.54, 1.807) is 0 Å². The summed E-state index contributed by atoms with van der Waals surface area (Å²) in [6, 6.07) is 15.5. The molecule has 0 bridgehead atoms. The molecule has 24 heavy (non-hydrogen) atoms. The third kappa shape index (κ3) is 5.55. The maximum Gasteiger partial charge on any atom is 0.228 e. The topological polar surface area (TPSA) is 64.4 Å². The van der Waals surface area contributed by atoms with Crippen molar-refractivity contribution in [3.8, 4) is 5.75 Å². The lowest BCUT2D eigenvalue weighted by Gasteiger charge is -2.18. The number of ether oxygens (including phenoxy) is 1. The van der Waals surface area contributed by atoms with Crippen molar-refractivity contribution in [3.63, 3.8) is 0 Å². The molecule has 0 aromatic heterocycles. The summed E-state index contributed by atoms with van der Waals surface area (Å²) in [5, 5.41) is 2.91. The van der Waals surface area contributed by atoms with Crippen LogP contribution in [0.25, 0.3) is 0 Å². The van der Waals surface area contributed by atoms with Crippen LogP contribution in [0.15, 0.2) is 48.5 Å². The number of carbonyl (C=O) groups excluding carboxylic acids is 1. The Bertz CT molecular complexity index is 660. The van der Waals surface area contributed by atoms with Gasteiger partial charge in [0.25, 0.3) is 0 Å². The van der Waals surface area contributed by atoms with Crippen LogP contribution in [0.2, 0.25) is 0 Å². The van der Waals surface area contributed by atoms with Crippen molar-refractivity contribution >= 4 is 24.0 Å². The van der Waals surface area contributed by atoms with E-state index in [4.69, 9.17) is 10.5 Å². The molecule has 2 atom stereocenters. The Morgan fingerprint density at radius 2 is 1.83 bits per heavy atom. The highest BCUT2D eigenvalue weighted by Gasteiger charge is 2.18. The summed E-state index contributed by atoms with van der Waals surface area (Å²) >= 11 is 0. The minimum atomic E-state index is -0.265. The molecule has 0 spiro atoms. The summed E-state index contributed by atoms with van der Waals surface area (Å²) < 4.78 is 5.90. The van der Waals surface area contributed by atoms with Gasteiger partial charge in [0.15, 0.2) is 0 Å². The Morgan fingerprint density at radius 3 is 2.46 bits per heavy atom. The van der Waals surface area contributed by atoms with Crippen LogP contribution >= 0.6 is 12.4 Å². The van der Waals surface area contributed by atoms with E-state index in [-0.39, 0.29) is 30.3 Å². The van der Waals surface area contributed by atoms with Crippen LogP contribution < -0.4 is 15.8 Å². The van der Waals surface area contributed by atoms with Crippen molar-refractivity contribution in [1.82, 2.24) is 0 Å². The Morgan fingerprint density at radius 1 is 1.17 bits per heavy atom. The number of hydrogen-bond acceptors (Lipinski definition) is 3. The zero-order valence-electron chi connectivity index (χ0n) is 14.3. The van der Waals surface area contributed by atoms with Crippen LogP contribution in [0, 0.1) is 12.8 Å². The van der Waals surface area contributed by atoms with E-state index in [0.717, 1.165) is 11.1 Å². The Hall–Kier alpha value is -2.04. The SMILES string of the molecule is Cc1ccc(NC(=O)C(C)C(C)N)c(OCc2ccccc2)c1.Cl. The molecule has 2 aromatic rings. The van der Waals surface area contributed by atoms with Gasteiger partial charge in [0, 0.05) is 6.04 Å². The second-order valence-corrected chi connectivity index (χ2v) is 5.91. The summed E-state index contributed by atoms with van der Waals surface area (Å²) in [5.74, 6) is 0.297. The first-order valence-corrected chi connectivity index (χ1v) is 7.81. The monoisotopic (exact) mass is 348 g/mol. The van der Waals surface area contributed by atoms with Gasteiger partial charge in [0.1, 0.15) is 12.4 Å². The first kappa shape index (κ1) is 20.0. The summed E-state index contributed by atoms with van der Waals surface area (Å²) in [6.45, 7) is 6.09. The molecule has 0 fully saturated rings. The zero-order valence-corrected chi connectivity index (χ0v) is 15.1. The van der Waals surface area contributed by atoms with Gasteiger partial charge < -0.3 is 15.8 Å². The fourth-order valence-corrected chi connectivity index (χ4v) is 2.07. The molecule has 2 rings (SSSR count). The van der Waals surface area contributed by atoms with E-state index >= 15 is 0 Å². The first-order valence-electron chi connectivity index (χ1n) is 7.81. The van der Waals surface area contributed by atoms with E-state index in [1.807, 2.05) is 69.3 Å². The quantitative estimate of drug-likeness (QED) is 0.831. The molecule has 0 aliphatic rings. The minimum absolute atomic E-state index is 0. The molecule has 0 saturated carbocycles. The molecule has 5 heteroatoms. The highest BCUT2D eigenvalue weighted by atomic mass is 35.5. The van der Waals surface area contributed by atoms with Gasteiger partial charge in [-0.2, -0.15) is 0 Å². The Balaban J connectivity index is 0.00000288. The predicted molar refractivity (Wildman–Crippen MR) is 101 cm³/mol. The van der Waals surface area contributed by atoms with Crippen molar-refractivity contribution in [2.24, 2.45) is 11.7 Å². The number of nitrogens with two attached hydrogens (primary N) is 1. The standard InChI is InChI=1S/C19H24N2O2.ClH/c1-13-9-10-17(21-19(22)14(2)15(3)20)18(11-13)23-12-16-7-5-4-6-8-16;/h4-11,14-15H,12,20H2,1-3H3,(H,21,22);1H. The Kier molecular flexibility index (Phi) is 7.75. The summed E-state index contributed by atoms with van der Waals surface area (Å²) in [7, 11) is 0. The van der Waals surface area contributed by atoms with E-state index in [2.05, 4.69) is 5.32 Å². The predicted octanol–water partition coefficient (Wildman–Crippen LogP) is 3.92. The molecule has 0 aliphatic heterocycles. The first-order chi connectivity index (χ1) is 11.0. The summed E-state index contributed by atoms with van der Waals surface area (Å²) in [5.41, 5.74) is 8.62. The van der Waals surface area contributed by atoms with Gasteiger partial charge in [0.2, 0.25) is 5.91 Å². The van der Waals surface area contributed by atoms with E-state index < -0.39 is 0 Å². The summed E-state index contributed by atoms with van der Waals surface area (Å²) in [4.78, 5) is 12.2. The third-order valence-electron chi connectivity index (χ3n) is 3.83. The van der Waals surface area contributed by atoms with Crippen LogP contribution in [0.3, 0.4) is 0 Å². The zero-order chi connectivity index (χ0) is 16.8. The number of halogens is 1. The van der Waals surface area contributed by atoms with Crippen LogP contribution in [0.5, 0.6) is 5.75 Å². The number of rotatable bonds is 6. The molecule has 3 N–H and O–H groups in total. The van der Waals surface area contributed by atoms with Crippen LogP contribution in [0.4, 0.5) is 5.69 Å². The number of anilines is 1. The van der Waals surface area contributed by atoms with Crippen LogP contribution in [-0.4, -0.2) is 11.9 Å². The summed E-state index contributed by atoms with van der Waals surface area (Å²) in [6.07, 6.45) is 0. The lowest BCUT2D eigenvalue weighted by Crippen LogP contribution is -2.34. The van der Waals surface area contributed by atoms with E-state index in [1.165, 1.54) is 0 Å². The van der Waals surface area contributed by atoms with Crippen molar-refractivity contribution in [3.05, 3.63) is 59.7 Å². The highest BCUT2D eigenvalue weighted by molar-refractivity contribution is 5.94. The normalized spacial score (nSPS) is 12.7. The van der Waals surface area contributed by atoms with Gasteiger partial charge in [0.05, 0.1) is 11.6 Å². The van der Waals surface area contributed by atoms with Crippen LogP contribution in [0.1, 0.15) is 25.0 Å².